The van der Waals surface area contributed by atoms with E-state index in [1.165, 1.54) is 11.3 Å². The Bertz CT molecular complexity index is 1340. The molecule has 0 saturated carbocycles. The third-order valence-electron chi connectivity index (χ3n) is 6.58. The lowest BCUT2D eigenvalue weighted by Crippen LogP contribution is -2.39. The average molecular weight is 536 g/mol. The SMILES string of the molecule is COc1ccc(Cl)c2sc(N(CCCN3CCOCC3)C(=O)Cc3ccc(-c4ccccc4)cc3)nc12. The summed E-state index contributed by atoms with van der Waals surface area (Å²) in [6.07, 6.45) is 1.15. The van der Waals surface area contributed by atoms with E-state index in [4.69, 9.17) is 26.1 Å². The highest BCUT2D eigenvalue weighted by molar-refractivity contribution is 7.23. The van der Waals surface area contributed by atoms with Gasteiger partial charge in [-0.3, -0.25) is 14.6 Å². The zero-order chi connectivity index (χ0) is 25.6. The lowest BCUT2D eigenvalue weighted by Gasteiger charge is -2.27. The van der Waals surface area contributed by atoms with Crippen LogP contribution in [0.5, 0.6) is 5.75 Å². The number of ether oxygens (including phenoxy) is 2. The molecule has 2 heterocycles. The molecule has 5 rings (SSSR count). The molecule has 0 atom stereocenters. The first kappa shape index (κ1) is 25.7. The van der Waals surface area contributed by atoms with Crippen molar-refractivity contribution in [1.29, 1.82) is 0 Å². The molecule has 1 saturated heterocycles. The first-order chi connectivity index (χ1) is 18.1. The number of hydrogen-bond acceptors (Lipinski definition) is 6. The summed E-state index contributed by atoms with van der Waals surface area (Å²) in [6, 6.07) is 22.1. The van der Waals surface area contributed by atoms with Crippen LogP contribution >= 0.6 is 22.9 Å². The number of halogens is 1. The van der Waals surface area contributed by atoms with Crippen LogP contribution in [0.3, 0.4) is 0 Å². The number of hydrogen-bond donors (Lipinski definition) is 0. The normalized spacial score (nSPS) is 14.1. The molecule has 0 bridgehead atoms. The van der Waals surface area contributed by atoms with Crippen LogP contribution in [0.4, 0.5) is 5.13 Å². The number of aromatic nitrogens is 1. The maximum absolute atomic E-state index is 13.7. The van der Waals surface area contributed by atoms with Gasteiger partial charge in [-0.25, -0.2) is 4.98 Å². The minimum Gasteiger partial charge on any atom is -0.494 e. The number of benzene rings is 3. The Balaban J connectivity index is 1.36. The summed E-state index contributed by atoms with van der Waals surface area (Å²) in [4.78, 5) is 22.7. The topological polar surface area (TPSA) is 54.9 Å². The van der Waals surface area contributed by atoms with E-state index in [1.54, 1.807) is 7.11 Å². The molecule has 0 spiro atoms. The van der Waals surface area contributed by atoms with Crippen molar-refractivity contribution in [1.82, 2.24) is 9.88 Å². The van der Waals surface area contributed by atoms with Crippen LogP contribution in [0.15, 0.2) is 66.7 Å². The molecule has 1 aliphatic rings. The first-order valence-corrected chi connectivity index (χ1v) is 13.7. The van der Waals surface area contributed by atoms with Crippen molar-refractivity contribution in [2.75, 3.05) is 51.4 Å². The highest BCUT2D eigenvalue weighted by atomic mass is 35.5. The summed E-state index contributed by atoms with van der Waals surface area (Å²) in [6.45, 7) is 4.87. The first-order valence-electron chi connectivity index (χ1n) is 12.5. The van der Waals surface area contributed by atoms with Crippen molar-refractivity contribution in [2.45, 2.75) is 12.8 Å². The fraction of sp³-hybridized carbons (Fsp3) is 0.310. The number of rotatable bonds is 9. The molecule has 1 amide bonds. The number of fused-ring (bicyclic) bond motifs is 1. The van der Waals surface area contributed by atoms with E-state index < -0.39 is 0 Å². The molecule has 6 nitrogen and oxygen atoms in total. The maximum Gasteiger partial charge on any atom is 0.233 e. The molecule has 4 aromatic rings. The molecule has 1 aromatic heterocycles. The minimum absolute atomic E-state index is 0.0172. The molecular formula is C29H30ClN3O3S. The van der Waals surface area contributed by atoms with E-state index in [2.05, 4.69) is 29.2 Å². The molecule has 0 N–H and O–H groups in total. The van der Waals surface area contributed by atoms with Gasteiger partial charge in [-0.15, -0.1) is 0 Å². The summed E-state index contributed by atoms with van der Waals surface area (Å²) in [5.74, 6) is 0.669. The van der Waals surface area contributed by atoms with E-state index >= 15 is 0 Å². The molecule has 1 fully saturated rings. The zero-order valence-corrected chi connectivity index (χ0v) is 22.4. The van der Waals surface area contributed by atoms with E-state index in [0.29, 0.717) is 34.4 Å². The van der Waals surface area contributed by atoms with Gasteiger partial charge in [-0.1, -0.05) is 77.5 Å². The van der Waals surface area contributed by atoms with Gasteiger partial charge in [0.05, 0.1) is 36.5 Å². The van der Waals surface area contributed by atoms with Gasteiger partial charge in [0.2, 0.25) is 5.91 Å². The summed E-state index contributed by atoms with van der Waals surface area (Å²) in [5.41, 5.74) is 3.95. The fourth-order valence-electron chi connectivity index (χ4n) is 4.54. The van der Waals surface area contributed by atoms with Gasteiger partial charge in [-0.05, 0) is 35.2 Å². The Morgan fingerprint density at radius 1 is 1.05 bits per heavy atom. The molecule has 0 aliphatic carbocycles. The Hall–Kier alpha value is -2.97. The standard InChI is InChI=1S/C29H30ClN3O3S/c1-35-25-13-12-24(30)28-27(25)31-29(37-28)33(15-5-14-32-16-18-36-19-17-32)26(34)20-21-8-10-23(11-9-21)22-6-3-2-4-7-22/h2-4,6-13H,5,14-20H2,1H3. The molecule has 3 aromatic carbocycles. The van der Waals surface area contributed by atoms with Gasteiger partial charge in [0.1, 0.15) is 11.3 Å². The number of carbonyl (C=O) groups excluding carboxylic acids is 1. The molecule has 1 aliphatic heterocycles. The summed E-state index contributed by atoms with van der Waals surface area (Å²) in [7, 11) is 1.62. The summed E-state index contributed by atoms with van der Waals surface area (Å²) < 4.78 is 11.8. The number of thiazole rings is 1. The van der Waals surface area contributed by atoms with Crippen LogP contribution in [0, 0.1) is 0 Å². The highest BCUT2D eigenvalue weighted by Gasteiger charge is 2.23. The molecule has 37 heavy (non-hydrogen) atoms. The number of anilines is 1. The van der Waals surface area contributed by atoms with E-state index in [-0.39, 0.29) is 5.91 Å². The maximum atomic E-state index is 13.7. The molecular weight excluding hydrogens is 506 g/mol. The number of amides is 1. The van der Waals surface area contributed by atoms with Crippen LogP contribution in [0.2, 0.25) is 5.02 Å². The molecule has 0 radical (unpaired) electrons. The van der Waals surface area contributed by atoms with Crippen molar-refractivity contribution in [2.24, 2.45) is 0 Å². The summed E-state index contributed by atoms with van der Waals surface area (Å²) >= 11 is 7.91. The summed E-state index contributed by atoms with van der Waals surface area (Å²) in [5, 5.41) is 1.26. The van der Waals surface area contributed by atoms with Gasteiger partial charge >= 0.3 is 0 Å². The van der Waals surface area contributed by atoms with Gasteiger partial charge in [-0.2, -0.15) is 0 Å². The molecule has 0 unspecified atom stereocenters. The van der Waals surface area contributed by atoms with E-state index in [9.17, 15) is 4.79 Å². The lowest BCUT2D eigenvalue weighted by molar-refractivity contribution is -0.118. The van der Waals surface area contributed by atoms with E-state index in [1.807, 2.05) is 47.4 Å². The number of morpholine rings is 1. The van der Waals surface area contributed by atoms with Crippen LogP contribution in [0.1, 0.15) is 12.0 Å². The second-order valence-corrected chi connectivity index (χ2v) is 10.4. The van der Waals surface area contributed by atoms with Gasteiger partial charge in [0.15, 0.2) is 5.13 Å². The van der Waals surface area contributed by atoms with Crippen molar-refractivity contribution >= 4 is 44.2 Å². The quantitative estimate of drug-likeness (QED) is 0.266. The predicted octanol–water partition coefficient (Wildman–Crippen LogP) is 5.92. The van der Waals surface area contributed by atoms with Gasteiger partial charge < -0.3 is 9.47 Å². The van der Waals surface area contributed by atoms with E-state index in [0.717, 1.165) is 60.7 Å². The minimum atomic E-state index is 0.0172. The second-order valence-electron chi connectivity index (χ2n) is 9.02. The third-order valence-corrected chi connectivity index (χ3v) is 8.11. The smallest absolute Gasteiger partial charge is 0.233 e. The number of carbonyl (C=O) groups is 1. The van der Waals surface area contributed by atoms with Crippen LogP contribution in [0.25, 0.3) is 21.3 Å². The van der Waals surface area contributed by atoms with Crippen LogP contribution in [-0.2, 0) is 16.0 Å². The highest BCUT2D eigenvalue weighted by Crippen LogP contribution is 2.39. The van der Waals surface area contributed by atoms with Crippen molar-refractivity contribution in [3.05, 3.63) is 77.3 Å². The largest absolute Gasteiger partial charge is 0.494 e. The average Bonchev–Trinajstić information content (AvgIpc) is 3.39. The van der Waals surface area contributed by atoms with Crippen molar-refractivity contribution in [3.8, 4) is 16.9 Å². The van der Waals surface area contributed by atoms with Gasteiger partial charge in [0.25, 0.3) is 0 Å². The van der Waals surface area contributed by atoms with Crippen LogP contribution < -0.4 is 9.64 Å². The predicted molar refractivity (Wildman–Crippen MR) is 151 cm³/mol. The van der Waals surface area contributed by atoms with Crippen LogP contribution in [-0.4, -0.2) is 62.3 Å². The number of nitrogens with zero attached hydrogens (tertiary/aromatic N) is 3. The Labute approximate surface area is 226 Å². The monoisotopic (exact) mass is 535 g/mol. The Morgan fingerprint density at radius 3 is 2.51 bits per heavy atom. The molecule has 8 heteroatoms. The van der Waals surface area contributed by atoms with Crippen molar-refractivity contribution in [3.63, 3.8) is 0 Å². The zero-order valence-electron chi connectivity index (χ0n) is 20.9. The van der Waals surface area contributed by atoms with Gasteiger partial charge in [0, 0.05) is 26.2 Å². The Morgan fingerprint density at radius 2 is 1.78 bits per heavy atom. The molecule has 192 valence electrons. The Kier molecular flexibility index (Phi) is 8.36. The van der Waals surface area contributed by atoms with Crippen molar-refractivity contribution < 1.29 is 14.3 Å². The third kappa shape index (κ3) is 6.13. The second kappa shape index (κ2) is 12.0. The fourth-order valence-corrected chi connectivity index (χ4v) is 5.84. The lowest BCUT2D eigenvalue weighted by atomic mass is 10.0. The number of methoxy groups -OCH3 is 1.